The average Bonchev–Trinajstić information content (AvgIpc) is 3.59. The predicted octanol–water partition coefficient (Wildman–Crippen LogP) is -1.94. The van der Waals surface area contributed by atoms with Gasteiger partial charge in [-0.15, -0.1) is 0 Å². The second kappa shape index (κ2) is 33.6. The number of methoxy groups -OCH3 is 17. The van der Waals surface area contributed by atoms with Crippen LogP contribution in [0.2, 0.25) is 0 Å². The fourth-order valence-electron chi connectivity index (χ4n) is 12.5. The standard InChI is InChI=1S/C53H94O30/c1-55-18-24-31-37(61-7)30(54)48(72-24)78-32-25(19-56-2)73-50(43(67-13)38(32)62-8)80-34-27(21-58-4)75-52(45(69-15)40(34)64-10)82-36-29(23-60-6)77-53(47(71-17)42(36)66-12)83-35-28(22-59-5)76-51(46(70-16)41(35)65-11)81-33-26(20-57-3)74-49(79-31)44(68-14)39(33)63-9/h24-54H,18-23H2,1-17H3/t24-,25-,26-,27-,28-,29-,30-,31-,32-,33-,34-,35-,36+,37-,38+,39+,40+,41+,42+,43-,44-,45-,46-,47-,48-,49-,50-,51-,52+,53-/m1/s1. The van der Waals surface area contributed by atoms with Crippen LogP contribution in [0.3, 0.4) is 0 Å². The lowest BCUT2D eigenvalue weighted by molar-refractivity contribution is -0.409. The van der Waals surface area contributed by atoms with Crippen LogP contribution in [0.25, 0.3) is 0 Å². The summed E-state index contributed by atoms with van der Waals surface area (Å²) in [7, 11) is 25.4. The SMILES string of the molecule is COC[C@H]1O[C@@H]2O[C@H]3[C@H](OC)[C@@H](OC)[C@@H](O[C@H]4[C@H](OC)[C@@H](OC)[C@@H](O[C@H]5[C@H](OC)[C@@H](O)[C@@H](O[C@H]6[C@H](OC)[C@@H](OC)[C@@H](O[C@H]7[C@H](OC)[C@@H](OC)[C@H](O[C@@H]1[C@H](OC)[C@H]2OC)O[C@@H]7COC)O[C@@H]6COC)O[C@@H]5COC)O[C@@H]4COC)O[C@@H]3COC. The van der Waals surface area contributed by atoms with Gasteiger partial charge < -0.3 is 142 Å². The Balaban J connectivity index is 1.34. The smallest absolute Gasteiger partial charge is 0.187 e. The molecule has 30 heteroatoms. The zero-order valence-electron chi connectivity index (χ0n) is 50.8. The molecule has 12 bridgehead atoms. The Labute approximate surface area is 486 Å². The van der Waals surface area contributed by atoms with Gasteiger partial charge in [-0.25, -0.2) is 0 Å². The molecule has 0 amide bonds. The summed E-state index contributed by atoms with van der Waals surface area (Å²) in [5.41, 5.74) is 0. The first-order valence-electron chi connectivity index (χ1n) is 27.6. The van der Waals surface area contributed by atoms with Crippen molar-refractivity contribution in [2.24, 2.45) is 0 Å². The fourth-order valence-corrected chi connectivity index (χ4v) is 12.5. The molecule has 486 valence electrons. The zero-order chi connectivity index (χ0) is 60.1. The van der Waals surface area contributed by atoms with Crippen molar-refractivity contribution < 1.29 is 142 Å². The number of aliphatic hydroxyl groups is 1. The van der Waals surface area contributed by atoms with Gasteiger partial charge in [0.25, 0.3) is 0 Å². The Morgan fingerprint density at radius 3 is 0.530 bits per heavy atom. The van der Waals surface area contributed by atoms with E-state index in [9.17, 15) is 5.11 Å². The highest BCUT2D eigenvalue weighted by atomic mass is 16.8. The van der Waals surface area contributed by atoms with E-state index < -0.39 is 184 Å². The molecule has 0 saturated carbocycles. The summed E-state index contributed by atoms with van der Waals surface area (Å²) >= 11 is 0. The van der Waals surface area contributed by atoms with Crippen molar-refractivity contribution in [2.75, 3.05) is 161 Å². The molecule has 22 heterocycles. The van der Waals surface area contributed by atoms with Crippen LogP contribution >= 0.6 is 0 Å². The molecule has 0 aromatic carbocycles. The Kier molecular flexibility index (Phi) is 28.0. The minimum atomic E-state index is -1.53. The minimum absolute atomic E-state index is 0.0150. The van der Waals surface area contributed by atoms with E-state index in [1.165, 1.54) is 121 Å². The Morgan fingerprint density at radius 2 is 0.361 bits per heavy atom. The molecule has 22 saturated heterocycles. The molecule has 22 aliphatic rings. The van der Waals surface area contributed by atoms with Gasteiger partial charge in [-0.2, -0.15) is 0 Å². The van der Waals surface area contributed by atoms with Crippen LogP contribution < -0.4 is 0 Å². The zero-order valence-corrected chi connectivity index (χ0v) is 50.8. The van der Waals surface area contributed by atoms with E-state index in [0.29, 0.717) is 0 Å². The van der Waals surface area contributed by atoms with E-state index in [0.717, 1.165) is 0 Å². The topological polar surface area (TPSA) is 288 Å². The van der Waals surface area contributed by atoms with Crippen LogP contribution in [0.15, 0.2) is 0 Å². The van der Waals surface area contributed by atoms with Gasteiger partial charge in [-0.3, -0.25) is 0 Å². The van der Waals surface area contributed by atoms with Crippen molar-refractivity contribution in [1.29, 1.82) is 0 Å². The van der Waals surface area contributed by atoms with E-state index in [2.05, 4.69) is 0 Å². The molecule has 30 atom stereocenters. The number of hydrogen-bond donors (Lipinski definition) is 1. The maximum Gasteiger partial charge on any atom is 0.187 e. The summed E-state index contributed by atoms with van der Waals surface area (Å²) in [6, 6.07) is 0. The van der Waals surface area contributed by atoms with E-state index in [4.69, 9.17) is 137 Å². The van der Waals surface area contributed by atoms with E-state index >= 15 is 0 Å². The minimum Gasteiger partial charge on any atom is -0.385 e. The van der Waals surface area contributed by atoms with Gasteiger partial charge in [0.15, 0.2) is 37.7 Å². The van der Waals surface area contributed by atoms with Gasteiger partial charge in [0, 0.05) is 121 Å². The molecule has 22 rings (SSSR count). The van der Waals surface area contributed by atoms with E-state index in [1.807, 2.05) is 0 Å². The number of aliphatic hydroxyl groups excluding tert-OH is 1. The lowest BCUT2D eigenvalue weighted by Gasteiger charge is -2.53. The van der Waals surface area contributed by atoms with Gasteiger partial charge >= 0.3 is 0 Å². The number of ether oxygens (including phenoxy) is 29. The molecule has 1 N–H and O–H groups in total. The van der Waals surface area contributed by atoms with Gasteiger partial charge in [0.1, 0.15) is 146 Å². The van der Waals surface area contributed by atoms with Crippen molar-refractivity contribution in [1.82, 2.24) is 0 Å². The molecule has 0 unspecified atom stereocenters. The molecular formula is C53H94O30. The summed E-state index contributed by atoms with van der Waals surface area (Å²) in [6.45, 7) is -0.208. The van der Waals surface area contributed by atoms with Crippen molar-refractivity contribution in [3.63, 3.8) is 0 Å². The lowest BCUT2D eigenvalue weighted by Crippen LogP contribution is -2.70. The van der Waals surface area contributed by atoms with Crippen molar-refractivity contribution >= 4 is 0 Å². The highest BCUT2D eigenvalue weighted by Gasteiger charge is 2.61. The molecule has 0 spiro atoms. The summed E-state index contributed by atoms with van der Waals surface area (Å²) < 4.78 is 184. The molecule has 22 aliphatic heterocycles. The second-order valence-corrected chi connectivity index (χ2v) is 20.8. The molecule has 0 aliphatic carbocycles. The third-order valence-corrected chi connectivity index (χ3v) is 16.3. The quantitative estimate of drug-likeness (QED) is 0.117. The number of rotatable bonds is 23. The predicted molar refractivity (Wildman–Crippen MR) is 277 cm³/mol. The largest absolute Gasteiger partial charge is 0.385 e. The molecule has 22 fully saturated rings. The summed E-state index contributed by atoms with van der Waals surface area (Å²) in [5, 5.41) is 12.3. The Hall–Kier alpha value is -1.20. The third kappa shape index (κ3) is 15.0. The second-order valence-electron chi connectivity index (χ2n) is 20.8. The van der Waals surface area contributed by atoms with Crippen LogP contribution in [-0.4, -0.2) is 350 Å². The first kappa shape index (κ1) is 69.3. The summed E-state index contributed by atoms with van der Waals surface area (Å²) in [4.78, 5) is 0. The van der Waals surface area contributed by atoms with Gasteiger partial charge in [0.05, 0.1) is 39.6 Å². The van der Waals surface area contributed by atoms with E-state index in [1.54, 1.807) is 0 Å². The average molecular weight is 1210 g/mol. The third-order valence-electron chi connectivity index (χ3n) is 16.3. The van der Waals surface area contributed by atoms with Crippen molar-refractivity contribution in [2.45, 2.75) is 184 Å². The van der Waals surface area contributed by atoms with Crippen LogP contribution in [0, 0.1) is 0 Å². The summed E-state index contributed by atoms with van der Waals surface area (Å²) in [5.74, 6) is 0. The normalized spacial score (nSPS) is 46.5. The van der Waals surface area contributed by atoms with Crippen LogP contribution in [0.1, 0.15) is 0 Å². The first-order valence-corrected chi connectivity index (χ1v) is 27.6. The molecule has 83 heavy (non-hydrogen) atoms. The highest BCUT2D eigenvalue weighted by molar-refractivity contribution is 5.03. The Bertz CT molecular complexity index is 1820. The maximum absolute atomic E-state index is 12.3. The fraction of sp³-hybridized carbons (Fsp3) is 1.00. The monoisotopic (exact) mass is 1210 g/mol. The molecule has 0 aromatic rings. The van der Waals surface area contributed by atoms with Crippen LogP contribution in [-0.2, 0) is 137 Å². The van der Waals surface area contributed by atoms with Crippen LogP contribution in [0.5, 0.6) is 0 Å². The highest BCUT2D eigenvalue weighted by Crippen LogP contribution is 2.42. The molecule has 0 aromatic heterocycles. The molecule has 0 radical (unpaired) electrons. The Morgan fingerprint density at radius 1 is 0.205 bits per heavy atom. The maximum atomic E-state index is 12.3. The lowest BCUT2D eigenvalue weighted by atomic mass is 9.94. The van der Waals surface area contributed by atoms with Crippen LogP contribution in [0.4, 0.5) is 0 Å². The first-order chi connectivity index (χ1) is 40.3. The van der Waals surface area contributed by atoms with E-state index in [-0.39, 0.29) is 39.6 Å². The van der Waals surface area contributed by atoms with Gasteiger partial charge in [-0.1, -0.05) is 0 Å². The number of hydrogen-bond acceptors (Lipinski definition) is 30. The van der Waals surface area contributed by atoms with Gasteiger partial charge in [-0.05, 0) is 0 Å². The van der Waals surface area contributed by atoms with Gasteiger partial charge in [0.2, 0.25) is 0 Å². The van der Waals surface area contributed by atoms with Crippen molar-refractivity contribution in [3.8, 4) is 0 Å². The van der Waals surface area contributed by atoms with Crippen molar-refractivity contribution in [3.05, 3.63) is 0 Å². The molecular weight excluding hydrogens is 1120 g/mol. The molecule has 30 nitrogen and oxygen atoms in total. The summed E-state index contributed by atoms with van der Waals surface area (Å²) in [6.07, 6.45) is -31.4.